The van der Waals surface area contributed by atoms with Crippen molar-refractivity contribution < 1.29 is 0 Å². The maximum absolute atomic E-state index is 6.16. The van der Waals surface area contributed by atoms with Crippen molar-refractivity contribution in [3.63, 3.8) is 0 Å². The molecule has 0 unspecified atom stereocenters. The molecule has 2 aromatic carbocycles. The average molecular weight is 397 g/mol. The van der Waals surface area contributed by atoms with Crippen LogP contribution in [0.4, 0.5) is 11.5 Å². The highest BCUT2D eigenvalue weighted by atomic mass is 35.5. The van der Waals surface area contributed by atoms with Gasteiger partial charge in [-0.25, -0.2) is 4.98 Å². The summed E-state index contributed by atoms with van der Waals surface area (Å²) < 4.78 is 1.82. The van der Waals surface area contributed by atoms with Gasteiger partial charge in [-0.2, -0.15) is 9.61 Å². The van der Waals surface area contributed by atoms with Crippen molar-refractivity contribution in [3.8, 4) is 11.1 Å². The molecule has 2 aromatic heterocycles. The Hall–Kier alpha value is -2.56. The fourth-order valence-corrected chi connectivity index (χ4v) is 3.33. The van der Waals surface area contributed by atoms with E-state index >= 15 is 0 Å². The number of halogens is 2. The lowest BCUT2D eigenvalue weighted by Gasteiger charge is -2.11. The van der Waals surface area contributed by atoms with Crippen LogP contribution in [0.2, 0.25) is 10.0 Å². The molecule has 0 saturated heterocycles. The molecule has 0 saturated carbocycles. The zero-order valence-corrected chi connectivity index (χ0v) is 16.3. The molecule has 0 amide bonds. The molecule has 4 rings (SSSR count). The smallest absolute Gasteiger partial charge is 0.165 e. The summed E-state index contributed by atoms with van der Waals surface area (Å²) in [5, 5.41) is 8.99. The van der Waals surface area contributed by atoms with E-state index in [-0.39, 0.29) is 0 Å². The van der Waals surface area contributed by atoms with Gasteiger partial charge in [0.1, 0.15) is 5.82 Å². The van der Waals surface area contributed by atoms with E-state index in [1.165, 1.54) is 0 Å². The third-order valence-corrected chi connectivity index (χ3v) is 5.05. The summed E-state index contributed by atoms with van der Waals surface area (Å²) in [5.74, 6) is 0.837. The SMILES string of the molecule is CCCc1cc(Nc2ccc(Cl)c(Cl)c2)n2ncc(-c3ccccc3)c2n1. The number of nitrogens with zero attached hydrogens (tertiary/aromatic N) is 3. The Morgan fingerprint density at radius 3 is 2.56 bits per heavy atom. The number of rotatable bonds is 5. The molecule has 0 aliphatic carbocycles. The van der Waals surface area contributed by atoms with E-state index in [1.807, 2.05) is 41.0 Å². The molecule has 0 atom stereocenters. The molecule has 4 nitrogen and oxygen atoms in total. The number of hydrogen-bond acceptors (Lipinski definition) is 3. The van der Waals surface area contributed by atoms with Gasteiger partial charge in [-0.15, -0.1) is 0 Å². The van der Waals surface area contributed by atoms with E-state index in [0.29, 0.717) is 10.0 Å². The molecular weight excluding hydrogens is 379 g/mol. The van der Waals surface area contributed by atoms with Gasteiger partial charge in [0.25, 0.3) is 0 Å². The molecule has 0 fully saturated rings. The molecule has 0 radical (unpaired) electrons. The van der Waals surface area contributed by atoms with Crippen molar-refractivity contribution in [2.75, 3.05) is 5.32 Å². The summed E-state index contributed by atoms with van der Waals surface area (Å²) in [4.78, 5) is 4.85. The first kappa shape index (κ1) is 17.8. The molecule has 0 bridgehead atoms. The summed E-state index contributed by atoms with van der Waals surface area (Å²) in [6.07, 6.45) is 3.77. The number of fused-ring (bicyclic) bond motifs is 1. The summed E-state index contributed by atoms with van der Waals surface area (Å²) in [5.41, 5.74) is 4.79. The Labute approximate surface area is 167 Å². The molecule has 0 aliphatic heterocycles. The van der Waals surface area contributed by atoms with Crippen LogP contribution in [0, 0.1) is 0 Å². The third kappa shape index (κ3) is 3.64. The second kappa shape index (κ2) is 7.59. The van der Waals surface area contributed by atoms with Gasteiger partial charge in [0.05, 0.1) is 16.2 Å². The van der Waals surface area contributed by atoms with E-state index in [1.54, 1.807) is 12.1 Å². The fourth-order valence-electron chi connectivity index (χ4n) is 3.03. The summed E-state index contributed by atoms with van der Waals surface area (Å²) in [7, 11) is 0. The lowest BCUT2D eigenvalue weighted by molar-refractivity contribution is 0.862. The van der Waals surface area contributed by atoms with Crippen molar-refractivity contribution in [2.45, 2.75) is 19.8 Å². The van der Waals surface area contributed by atoms with E-state index in [9.17, 15) is 0 Å². The van der Waals surface area contributed by atoms with Crippen molar-refractivity contribution in [2.24, 2.45) is 0 Å². The Bertz CT molecular complexity index is 1090. The Balaban J connectivity index is 1.84. The first-order valence-electron chi connectivity index (χ1n) is 8.81. The minimum atomic E-state index is 0.506. The molecule has 0 aliphatic rings. The summed E-state index contributed by atoms with van der Waals surface area (Å²) >= 11 is 12.2. The molecule has 27 heavy (non-hydrogen) atoms. The van der Waals surface area contributed by atoms with E-state index in [2.05, 4.69) is 29.5 Å². The highest BCUT2D eigenvalue weighted by Crippen LogP contribution is 2.29. The number of hydrogen-bond donors (Lipinski definition) is 1. The number of aryl methyl sites for hydroxylation is 1. The first-order valence-corrected chi connectivity index (χ1v) is 9.56. The number of aromatic nitrogens is 3. The van der Waals surface area contributed by atoms with Crippen molar-refractivity contribution in [1.29, 1.82) is 0 Å². The van der Waals surface area contributed by atoms with Crippen LogP contribution in [-0.4, -0.2) is 14.6 Å². The van der Waals surface area contributed by atoms with Gasteiger partial charge in [0.2, 0.25) is 0 Å². The molecular formula is C21H18Cl2N4. The third-order valence-electron chi connectivity index (χ3n) is 4.31. The Kier molecular flexibility index (Phi) is 5.01. The zero-order valence-electron chi connectivity index (χ0n) is 14.8. The van der Waals surface area contributed by atoms with Gasteiger partial charge in [0.15, 0.2) is 5.65 Å². The first-order chi connectivity index (χ1) is 13.2. The molecule has 6 heteroatoms. The minimum absolute atomic E-state index is 0.506. The van der Waals surface area contributed by atoms with Crippen LogP contribution >= 0.6 is 23.2 Å². The lowest BCUT2D eigenvalue weighted by atomic mass is 10.1. The normalized spacial score (nSPS) is 11.1. The second-order valence-corrected chi connectivity index (χ2v) is 7.11. The van der Waals surface area contributed by atoms with Gasteiger partial charge in [-0.05, 0) is 30.2 Å². The standard InChI is InChI=1S/C21H18Cl2N4/c1-2-6-15-12-20(25-16-9-10-18(22)19(23)11-16)27-21(26-15)17(13-24-27)14-7-4-3-5-8-14/h3-5,7-13,25H,2,6H2,1H3. The predicted octanol–water partition coefficient (Wildman–Crippen LogP) is 6.40. The maximum atomic E-state index is 6.16. The van der Waals surface area contributed by atoms with Gasteiger partial charge in [-0.1, -0.05) is 66.9 Å². The van der Waals surface area contributed by atoms with Gasteiger partial charge in [-0.3, -0.25) is 0 Å². The molecule has 136 valence electrons. The monoisotopic (exact) mass is 396 g/mol. The van der Waals surface area contributed by atoms with Crippen molar-refractivity contribution in [3.05, 3.63) is 76.5 Å². The van der Waals surface area contributed by atoms with Crippen molar-refractivity contribution in [1.82, 2.24) is 14.6 Å². The molecule has 2 heterocycles. The predicted molar refractivity (Wildman–Crippen MR) is 112 cm³/mol. The van der Waals surface area contributed by atoms with Crippen LogP contribution in [-0.2, 0) is 6.42 Å². The number of nitrogens with one attached hydrogen (secondary N) is 1. The highest BCUT2D eigenvalue weighted by Gasteiger charge is 2.13. The van der Waals surface area contributed by atoms with Crippen LogP contribution in [0.5, 0.6) is 0 Å². The van der Waals surface area contributed by atoms with Crippen LogP contribution in [0.3, 0.4) is 0 Å². The van der Waals surface area contributed by atoms with Gasteiger partial charge < -0.3 is 5.32 Å². The fraction of sp³-hybridized carbons (Fsp3) is 0.143. The second-order valence-electron chi connectivity index (χ2n) is 6.30. The average Bonchev–Trinajstić information content (AvgIpc) is 3.10. The quantitative estimate of drug-likeness (QED) is 0.424. The van der Waals surface area contributed by atoms with Gasteiger partial charge in [0, 0.05) is 23.0 Å². The van der Waals surface area contributed by atoms with Crippen LogP contribution in [0.25, 0.3) is 16.8 Å². The lowest BCUT2D eigenvalue weighted by Crippen LogP contribution is -2.04. The van der Waals surface area contributed by atoms with Crippen molar-refractivity contribution >= 4 is 40.4 Å². The number of benzene rings is 2. The Morgan fingerprint density at radius 2 is 1.81 bits per heavy atom. The zero-order chi connectivity index (χ0) is 18.8. The molecule has 1 N–H and O–H groups in total. The summed E-state index contributed by atoms with van der Waals surface area (Å²) in [6.45, 7) is 2.15. The van der Waals surface area contributed by atoms with E-state index in [0.717, 1.165) is 46.8 Å². The van der Waals surface area contributed by atoms with Crippen LogP contribution in [0.1, 0.15) is 19.0 Å². The van der Waals surface area contributed by atoms with E-state index in [4.69, 9.17) is 28.2 Å². The maximum Gasteiger partial charge on any atom is 0.165 e. The van der Waals surface area contributed by atoms with Crippen LogP contribution in [0.15, 0.2) is 60.8 Å². The molecule has 0 spiro atoms. The van der Waals surface area contributed by atoms with E-state index < -0.39 is 0 Å². The van der Waals surface area contributed by atoms with Crippen LogP contribution < -0.4 is 5.32 Å². The summed E-state index contributed by atoms with van der Waals surface area (Å²) in [6, 6.07) is 17.7. The highest BCUT2D eigenvalue weighted by molar-refractivity contribution is 6.42. The Morgan fingerprint density at radius 1 is 1.00 bits per heavy atom. The number of anilines is 2. The largest absolute Gasteiger partial charge is 0.340 e. The van der Waals surface area contributed by atoms with Gasteiger partial charge >= 0.3 is 0 Å². The minimum Gasteiger partial charge on any atom is -0.340 e. The molecule has 4 aromatic rings. The topological polar surface area (TPSA) is 42.2 Å².